The Kier molecular flexibility index (Phi) is 5.70. The van der Waals surface area contributed by atoms with Crippen LogP contribution in [0.25, 0.3) is 0 Å². The highest BCUT2D eigenvalue weighted by atomic mass is 16.5. The number of ether oxygens (including phenoxy) is 1. The molecular formula is C26H35N3O3. The van der Waals surface area contributed by atoms with Crippen molar-refractivity contribution in [2.75, 3.05) is 13.1 Å². The van der Waals surface area contributed by atoms with Crippen LogP contribution in [-0.2, 0) is 12.1 Å². The van der Waals surface area contributed by atoms with Gasteiger partial charge in [0.25, 0.3) is 5.91 Å². The second-order valence-electron chi connectivity index (χ2n) is 10.3. The molecule has 4 rings (SSSR count). The van der Waals surface area contributed by atoms with Crippen molar-refractivity contribution in [3.8, 4) is 5.75 Å². The molecule has 2 aliphatic heterocycles. The average Bonchev–Trinajstić information content (AvgIpc) is 3.13. The zero-order valence-electron chi connectivity index (χ0n) is 20.1. The van der Waals surface area contributed by atoms with E-state index in [0.29, 0.717) is 18.7 Å². The summed E-state index contributed by atoms with van der Waals surface area (Å²) >= 11 is 0. The number of aromatic nitrogens is 1. The van der Waals surface area contributed by atoms with E-state index in [1.54, 1.807) is 6.92 Å². The van der Waals surface area contributed by atoms with Gasteiger partial charge in [-0.1, -0.05) is 0 Å². The van der Waals surface area contributed by atoms with E-state index >= 15 is 0 Å². The highest BCUT2D eigenvalue weighted by Gasteiger charge is 2.46. The van der Waals surface area contributed by atoms with Crippen LogP contribution in [0.1, 0.15) is 79.6 Å². The minimum Gasteiger partial charge on any atom is -0.491 e. The number of piperidine rings is 1. The van der Waals surface area contributed by atoms with Crippen LogP contribution in [0.4, 0.5) is 0 Å². The fourth-order valence-corrected chi connectivity index (χ4v) is 5.33. The van der Waals surface area contributed by atoms with E-state index < -0.39 is 0 Å². The van der Waals surface area contributed by atoms with Crippen molar-refractivity contribution in [3.05, 3.63) is 52.8 Å². The maximum atomic E-state index is 13.2. The predicted octanol–water partition coefficient (Wildman–Crippen LogP) is 4.30. The number of fused-ring (bicyclic) bond motifs is 2. The summed E-state index contributed by atoms with van der Waals surface area (Å²) in [6.45, 7) is 14.1. The number of nitrogens with one attached hydrogen (secondary N) is 1. The summed E-state index contributed by atoms with van der Waals surface area (Å²) in [5.74, 6) is 0.982. The lowest BCUT2D eigenvalue weighted by atomic mass is 9.79. The standard InChI is InChI=1S/C26H35N3O3/c1-17(2)32-22-9-7-20(15-18(22)3)24(31)28-13-11-26(12-14-28)23-10-8-21(19(4)30)29(23)16-25(5,6)27-26/h7-10,15,17,27H,11-14,16H2,1-6H3. The molecular weight excluding hydrogens is 402 g/mol. The molecule has 0 bridgehead atoms. The number of Topliss-reactive ketones (excluding diaryl/α,β-unsaturated/α-hetero) is 1. The van der Waals surface area contributed by atoms with Gasteiger partial charge in [-0.05, 0) is 83.4 Å². The molecule has 1 fully saturated rings. The quantitative estimate of drug-likeness (QED) is 0.725. The summed E-state index contributed by atoms with van der Waals surface area (Å²) in [6.07, 6.45) is 1.73. The minimum atomic E-state index is -0.225. The Morgan fingerprint density at radius 2 is 1.78 bits per heavy atom. The van der Waals surface area contributed by atoms with Gasteiger partial charge in [-0.3, -0.25) is 14.9 Å². The van der Waals surface area contributed by atoms with E-state index in [-0.39, 0.29) is 28.9 Å². The van der Waals surface area contributed by atoms with Crippen LogP contribution >= 0.6 is 0 Å². The Hall–Kier alpha value is -2.60. The minimum absolute atomic E-state index is 0.0638. The number of benzene rings is 1. The molecule has 172 valence electrons. The van der Waals surface area contributed by atoms with Crippen molar-refractivity contribution in [1.82, 2.24) is 14.8 Å². The molecule has 6 nitrogen and oxygen atoms in total. The van der Waals surface area contributed by atoms with Crippen LogP contribution in [-0.4, -0.2) is 45.9 Å². The van der Waals surface area contributed by atoms with Crippen molar-refractivity contribution in [1.29, 1.82) is 0 Å². The molecule has 1 aromatic carbocycles. The van der Waals surface area contributed by atoms with Crippen molar-refractivity contribution in [2.45, 2.75) is 78.1 Å². The lowest BCUT2D eigenvalue weighted by molar-refractivity contribution is 0.0519. The molecule has 0 saturated carbocycles. The molecule has 3 heterocycles. The van der Waals surface area contributed by atoms with E-state index in [1.165, 1.54) is 5.69 Å². The first kappa shape index (κ1) is 22.6. The second kappa shape index (κ2) is 8.07. The molecule has 1 saturated heterocycles. The number of hydrogen-bond acceptors (Lipinski definition) is 4. The Morgan fingerprint density at radius 1 is 1.09 bits per heavy atom. The first-order valence-electron chi connectivity index (χ1n) is 11.6. The van der Waals surface area contributed by atoms with Crippen LogP contribution < -0.4 is 10.1 Å². The van der Waals surface area contributed by atoms with E-state index in [1.807, 2.05) is 49.9 Å². The van der Waals surface area contributed by atoms with Gasteiger partial charge in [0.1, 0.15) is 5.75 Å². The third-order valence-electron chi connectivity index (χ3n) is 6.65. The molecule has 32 heavy (non-hydrogen) atoms. The van der Waals surface area contributed by atoms with E-state index in [4.69, 9.17) is 4.74 Å². The van der Waals surface area contributed by atoms with E-state index in [2.05, 4.69) is 29.8 Å². The summed E-state index contributed by atoms with van der Waals surface area (Å²) in [7, 11) is 0. The molecule has 2 aliphatic rings. The molecule has 1 N–H and O–H groups in total. The van der Waals surface area contributed by atoms with Crippen molar-refractivity contribution in [2.24, 2.45) is 0 Å². The van der Waals surface area contributed by atoms with Crippen molar-refractivity contribution >= 4 is 11.7 Å². The van der Waals surface area contributed by atoms with Crippen LogP contribution in [0.3, 0.4) is 0 Å². The number of carbonyl (C=O) groups excluding carboxylic acids is 2. The zero-order valence-corrected chi connectivity index (χ0v) is 20.1. The summed E-state index contributed by atoms with van der Waals surface area (Å²) in [6, 6.07) is 9.73. The monoisotopic (exact) mass is 437 g/mol. The summed E-state index contributed by atoms with van der Waals surface area (Å²) < 4.78 is 8.00. The van der Waals surface area contributed by atoms with Gasteiger partial charge in [0.15, 0.2) is 5.78 Å². The third-order valence-corrected chi connectivity index (χ3v) is 6.65. The smallest absolute Gasteiger partial charge is 0.253 e. The highest BCUT2D eigenvalue weighted by Crippen LogP contribution is 2.40. The van der Waals surface area contributed by atoms with Gasteiger partial charge in [-0.25, -0.2) is 0 Å². The van der Waals surface area contributed by atoms with Crippen molar-refractivity contribution < 1.29 is 14.3 Å². The number of aryl methyl sites for hydroxylation is 1. The Labute approximate surface area is 190 Å². The fraction of sp³-hybridized carbons (Fsp3) is 0.538. The fourth-order valence-electron chi connectivity index (χ4n) is 5.33. The Morgan fingerprint density at radius 3 is 2.38 bits per heavy atom. The molecule has 0 atom stereocenters. The van der Waals surface area contributed by atoms with Gasteiger partial charge in [-0.15, -0.1) is 0 Å². The van der Waals surface area contributed by atoms with Gasteiger partial charge in [-0.2, -0.15) is 0 Å². The third kappa shape index (κ3) is 4.08. The average molecular weight is 438 g/mol. The number of likely N-dealkylation sites (tertiary alicyclic amines) is 1. The van der Waals surface area contributed by atoms with E-state index in [0.717, 1.165) is 36.4 Å². The maximum Gasteiger partial charge on any atom is 0.253 e. The van der Waals surface area contributed by atoms with Gasteiger partial charge in [0.05, 0.1) is 17.3 Å². The molecule has 0 aliphatic carbocycles. The molecule has 2 aromatic rings. The van der Waals surface area contributed by atoms with Crippen molar-refractivity contribution in [3.63, 3.8) is 0 Å². The summed E-state index contributed by atoms with van der Waals surface area (Å²) in [4.78, 5) is 27.4. The molecule has 1 aromatic heterocycles. The van der Waals surface area contributed by atoms with Gasteiger partial charge >= 0.3 is 0 Å². The molecule has 0 radical (unpaired) electrons. The SMILES string of the molecule is CC(=O)c1ccc2n1CC(C)(C)NC21CCN(C(=O)c2ccc(OC(C)C)c(C)c2)CC1. The zero-order chi connectivity index (χ0) is 23.3. The number of carbonyl (C=O) groups is 2. The van der Waals surface area contributed by atoms with Gasteiger partial charge < -0.3 is 14.2 Å². The first-order valence-corrected chi connectivity index (χ1v) is 11.6. The lowest BCUT2D eigenvalue weighted by Crippen LogP contribution is -2.63. The molecule has 0 unspecified atom stereocenters. The molecule has 1 amide bonds. The normalized spacial score (nSPS) is 19.2. The topological polar surface area (TPSA) is 63.6 Å². The van der Waals surface area contributed by atoms with Crippen LogP contribution in [0, 0.1) is 6.92 Å². The summed E-state index contributed by atoms with van der Waals surface area (Å²) in [5.41, 5.74) is 3.26. The number of hydrogen-bond donors (Lipinski definition) is 1. The largest absolute Gasteiger partial charge is 0.491 e. The number of ketones is 1. The van der Waals surface area contributed by atoms with Gasteiger partial charge in [0.2, 0.25) is 0 Å². The number of rotatable bonds is 4. The summed E-state index contributed by atoms with van der Waals surface area (Å²) in [5, 5.41) is 3.86. The molecule has 6 heteroatoms. The Bertz CT molecular complexity index is 1040. The first-order chi connectivity index (χ1) is 15.0. The highest BCUT2D eigenvalue weighted by molar-refractivity contribution is 5.95. The Balaban J connectivity index is 1.54. The molecule has 1 spiro atoms. The number of nitrogens with zero attached hydrogens (tertiary/aromatic N) is 2. The predicted molar refractivity (Wildman–Crippen MR) is 125 cm³/mol. The second-order valence-corrected chi connectivity index (χ2v) is 10.3. The van der Waals surface area contributed by atoms with Crippen LogP contribution in [0.2, 0.25) is 0 Å². The lowest BCUT2D eigenvalue weighted by Gasteiger charge is -2.51. The van der Waals surface area contributed by atoms with E-state index in [9.17, 15) is 9.59 Å². The van der Waals surface area contributed by atoms with Crippen LogP contribution in [0.5, 0.6) is 5.75 Å². The number of amides is 1. The van der Waals surface area contributed by atoms with Gasteiger partial charge in [0, 0.05) is 43.4 Å². The van der Waals surface area contributed by atoms with Crippen LogP contribution in [0.15, 0.2) is 30.3 Å². The maximum absolute atomic E-state index is 13.2.